The number of hydrogen-bond acceptors (Lipinski definition) is 6. The molecular formula is C19H19N7O2. The van der Waals surface area contributed by atoms with Gasteiger partial charge in [0.15, 0.2) is 5.82 Å². The Morgan fingerprint density at radius 2 is 2.11 bits per heavy atom. The van der Waals surface area contributed by atoms with Crippen LogP contribution in [0.4, 0.5) is 0 Å². The monoisotopic (exact) mass is 377 g/mol. The third-order valence-corrected chi connectivity index (χ3v) is 4.34. The van der Waals surface area contributed by atoms with E-state index in [1.165, 1.54) is 7.11 Å². The maximum Gasteiger partial charge on any atom is 0.255 e. The summed E-state index contributed by atoms with van der Waals surface area (Å²) < 4.78 is 8.56. The van der Waals surface area contributed by atoms with Crippen LogP contribution in [0.2, 0.25) is 0 Å². The Morgan fingerprint density at radius 1 is 1.21 bits per heavy atom. The fourth-order valence-electron chi connectivity index (χ4n) is 2.97. The standard InChI is InChI=1S/C19H19N7O2/c1-3-15-14(11-21-26(15)17-7-8-18(28-2)24-23-17)19(27)20-10-13-12-25-9-5-4-6-16(25)22-13/h4-9,11-12H,3,10H2,1-2H3,(H,20,27). The second-order valence-electron chi connectivity index (χ2n) is 6.09. The van der Waals surface area contributed by atoms with Gasteiger partial charge in [0.05, 0.1) is 36.8 Å². The van der Waals surface area contributed by atoms with Gasteiger partial charge in [-0.2, -0.15) is 5.10 Å². The zero-order chi connectivity index (χ0) is 19.5. The van der Waals surface area contributed by atoms with Gasteiger partial charge in [0.2, 0.25) is 5.88 Å². The molecule has 9 nitrogen and oxygen atoms in total. The van der Waals surface area contributed by atoms with E-state index in [9.17, 15) is 4.79 Å². The third-order valence-electron chi connectivity index (χ3n) is 4.34. The van der Waals surface area contributed by atoms with Crippen molar-refractivity contribution in [3.63, 3.8) is 0 Å². The summed E-state index contributed by atoms with van der Waals surface area (Å²) in [5.41, 5.74) is 2.88. The average molecular weight is 377 g/mol. The summed E-state index contributed by atoms with van der Waals surface area (Å²) in [5, 5.41) is 15.3. The van der Waals surface area contributed by atoms with Crippen LogP contribution in [0.5, 0.6) is 5.88 Å². The summed E-state index contributed by atoms with van der Waals surface area (Å²) >= 11 is 0. The van der Waals surface area contributed by atoms with Crippen molar-refractivity contribution in [3.05, 3.63) is 65.9 Å². The highest BCUT2D eigenvalue weighted by atomic mass is 16.5. The number of rotatable bonds is 6. The van der Waals surface area contributed by atoms with Gasteiger partial charge < -0.3 is 14.5 Å². The normalized spacial score (nSPS) is 10.9. The molecular weight excluding hydrogens is 358 g/mol. The summed E-state index contributed by atoms with van der Waals surface area (Å²) in [4.78, 5) is 17.2. The van der Waals surface area contributed by atoms with Crippen LogP contribution in [-0.4, -0.2) is 42.4 Å². The third kappa shape index (κ3) is 3.29. The first-order valence-corrected chi connectivity index (χ1v) is 8.85. The maximum atomic E-state index is 12.7. The van der Waals surface area contributed by atoms with Crippen molar-refractivity contribution in [2.45, 2.75) is 19.9 Å². The van der Waals surface area contributed by atoms with E-state index < -0.39 is 0 Å². The largest absolute Gasteiger partial charge is 0.480 e. The number of nitrogens with zero attached hydrogens (tertiary/aromatic N) is 6. The number of carbonyl (C=O) groups excluding carboxylic acids is 1. The Morgan fingerprint density at radius 3 is 2.82 bits per heavy atom. The highest BCUT2D eigenvalue weighted by molar-refractivity contribution is 5.95. The second-order valence-corrected chi connectivity index (χ2v) is 6.09. The minimum atomic E-state index is -0.207. The van der Waals surface area contributed by atoms with Gasteiger partial charge >= 0.3 is 0 Å². The van der Waals surface area contributed by atoms with Gasteiger partial charge in [0.25, 0.3) is 5.91 Å². The number of amides is 1. The number of ether oxygens (including phenoxy) is 1. The molecule has 4 aromatic heterocycles. The fourth-order valence-corrected chi connectivity index (χ4v) is 2.97. The van der Waals surface area contributed by atoms with Crippen molar-refractivity contribution < 1.29 is 9.53 Å². The number of aromatic nitrogens is 6. The van der Waals surface area contributed by atoms with Crippen LogP contribution in [-0.2, 0) is 13.0 Å². The Bertz CT molecular complexity index is 1080. The van der Waals surface area contributed by atoms with Crippen LogP contribution in [0.25, 0.3) is 11.5 Å². The quantitative estimate of drug-likeness (QED) is 0.550. The van der Waals surface area contributed by atoms with Gasteiger partial charge in [-0.15, -0.1) is 10.2 Å². The lowest BCUT2D eigenvalue weighted by Gasteiger charge is -2.07. The summed E-state index contributed by atoms with van der Waals surface area (Å²) in [7, 11) is 1.53. The number of hydrogen-bond donors (Lipinski definition) is 1. The first-order valence-electron chi connectivity index (χ1n) is 8.85. The summed E-state index contributed by atoms with van der Waals surface area (Å²) in [6, 6.07) is 9.22. The minimum Gasteiger partial charge on any atom is -0.480 e. The number of fused-ring (bicyclic) bond motifs is 1. The predicted molar refractivity (Wildman–Crippen MR) is 101 cm³/mol. The van der Waals surface area contributed by atoms with Crippen molar-refractivity contribution in [1.29, 1.82) is 0 Å². The number of pyridine rings is 1. The van der Waals surface area contributed by atoms with Gasteiger partial charge in [0.1, 0.15) is 5.65 Å². The topological polar surface area (TPSA) is 99.2 Å². The second kappa shape index (κ2) is 7.47. The Balaban J connectivity index is 1.53. The molecule has 9 heteroatoms. The van der Waals surface area contributed by atoms with Crippen LogP contribution in [0.1, 0.15) is 28.7 Å². The summed E-state index contributed by atoms with van der Waals surface area (Å²) in [5.74, 6) is 0.734. The van der Waals surface area contributed by atoms with Gasteiger partial charge in [-0.25, -0.2) is 9.67 Å². The van der Waals surface area contributed by atoms with Gasteiger partial charge in [-0.1, -0.05) is 13.0 Å². The molecule has 28 heavy (non-hydrogen) atoms. The first-order chi connectivity index (χ1) is 13.7. The van der Waals surface area contributed by atoms with E-state index in [2.05, 4.69) is 25.6 Å². The van der Waals surface area contributed by atoms with Crippen LogP contribution in [0, 0.1) is 0 Å². The molecule has 0 radical (unpaired) electrons. The molecule has 0 aromatic carbocycles. The molecule has 1 N–H and O–H groups in total. The maximum absolute atomic E-state index is 12.7. The van der Waals surface area contributed by atoms with Gasteiger partial charge in [-0.3, -0.25) is 4.79 Å². The van der Waals surface area contributed by atoms with E-state index in [1.54, 1.807) is 23.0 Å². The molecule has 0 spiro atoms. The molecule has 0 atom stereocenters. The van der Waals surface area contributed by atoms with Crippen LogP contribution in [0.15, 0.2) is 48.9 Å². The highest BCUT2D eigenvalue weighted by Crippen LogP contribution is 2.15. The molecule has 0 aliphatic carbocycles. The highest BCUT2D eigenvalue weighted by Gasteiger charge is 2.18. The average Bonchev–Trinajstić information content (AvgIpc) is 3.35. The molecule has 0 aliphatic heterocycles. The summed E-state index contributed by atoms with van der Waals surface area (Å²) in [6.07, 6.45) is 5.98. The molecule has 0 fully saturated rings. The molecule has 0 aliphatic rings. The Labute approximate surface area is 161 Å². The number of carbonyl (C=O) groups is 1. The lowest BCUT2D eigenvalue weighted by molar-refractivity contribution is 0.0949. The number of methoxy groups -OCH3 is 1. The van der Waals surface area contributed by atoms with Gasteiger partial charge in [-0.05, 0) is 24.6 Å². The Kier molecular flexibility index (Phi) is 4.71. The van der Waals surface area contributed by atoms with Crippen molar-refractivity contribution in [1.82, 2.24) is 34.7 Å². The van der Waals surface area contributed by atoms with Gasteiger partial charge in [0, 0.05) is 18.5 Å². The van der Waals surface area contributed by atoms with E-state index in [0.29, 0.717) is 30.2 Å². The molecule has 4 rings (SSSR count). The van der Waals surface area contributed by atoms with E-state index in [4.69, 9.17) is 4.74 Å². The molecule has 4 aromatic rings. The van der Waals surface area contributed by atoms with Crippen LogP contribution in [0.3, 0.4) is 0 Å². The zero-order valence-electron chi connectivity index (χ0n) is 15.5. The molecule has 142 valence electrons. The molecule has 1 amide bonds. The molecule has 4 heterocycles. The van der Waals surface area contributed by atoms with Crippen molar-refractivity contribution in [3.8, 4) is 11.7 Å². The van der Waals surface area contributed by atoms with E-state index >= 15 is 0 Å². The molecule has 0 saturated heterocycles. The smallest absolute Gasteiger partial charge is 0.255 e. The SMILES string of the molecule is CCc1c(C(=O)NCc2cn3ccccc3n2)cnn1-c1ccc(OC)nn1. The van der Waals surface area contributed by atoms with Crippen LogP contribution >= 0.6 is 0 Å². The Hall–Kier alpha value is -3.75. The van der Waals surface area contributed by atoms with Crippen molar-refractivity contribution in [2.24, 2.45) is 0 Å². The van der Waals surface area contributed by atoms with Crippen molar-refractivity contribution in [2.75, 3.05) is 7.11 Å². The lowest BCUT2D eigenvalue weighted by Crippen LogP contribution is -2.24. The number of nitrogens with one attached hydrogen (secondary N) is 1. The minimum absolute atomic E-state index is 0.207. The fraction of sp³-hybridized carbons (Fsp3) is 0.211. The predicted octanol–water partition coefficient (Wildman–Crippen LogP) is 1.81. The lowest BCUT2D eigenvalue weighted by atomic mass is 10.2. The summed E-state index contributed by atoms with van der Waals surface area (Å²) in [6.45, 7) is 2.29. The molecule has 0 saturated carbocycles. The van der Waals surface area contributed by atoms with Crippen LogP contribution < -0.4 is 10.1 Å². The van der Waals surface area contributed by atoms with E-state index in [0.717, 1.165) is 17.0 Å². The zero-order valence-corrected chi connectivity index (χ0v) is 15.5. The van der Waals surface area contributed by atoms with E-state index in [-0.39, 0.29) is 5.91 Å². The molecule has 0 unspecified atom stereocenters. The van der Waals surface area contributed by atoms with Crippen molar-refractivity contribution >= 4 is 11.6 Å². The molecule has 0 bridgehead atoms. The first kappa shape index (κ1) is 17.7. The van der Waals surface area contributed by atoms with E-state index in [1.807, 2.05) is 41.9 Å². The number of imidazole rings is 1.